The van der Waals surface area contributed by atoms with Crippen LogP contribution in [0, 0.1) is 22.5 Å². The lowest BCUT2D eigenvalue weighted by atomic mass is 10.1. The second kappa shape index (κ2) is 4.54. The van der Waals surface area contributed by atoms with Gasteiger partial charge in [-0.05, 0) is 24.1 Å². The summed E-state index contributed by atoms with van der Waals surface area (Å²) >= 11 is 0. The van der Waals surface area contributed by atoms with Crippen molar-refractivity contribution in [3.8, 4) is 0 Å². The van der Waals surface area contributed by atoms with E-state index in [0.717, 1.165) is 12.1 Å². The molecule has 0 saturated heterocycles. The van der Waals surface area contributed by atoms with Crippen molar-refractivity contribution in [3.05, 3.63) is 52.3 Å². The fraction of sp³-hybridized carbons (Fsp3) is 0.222. The van der Waals surface area contributed by atoms with Crippen LogP contribution in [0.3, 0.4) is 0 Å². The average Bonchev–Trinajstić information content (AvgIpc) is 2.08. The molecular weight excluding hydrogens is 173 g/mol. The summed E-state index contributed by atoms with van der Waals surface area (Å²) in [4.78, 5) is 9.46. The molecule has 1 aromatic rings. The highest BCUT2D eigenvalue weighted by Crippen LogP contribution is 2.06. The summed E-state index contributed by atoms with van der Waals surface area (Å²) in [6.45, 7) is 1.00. The van der Waals surface area contributed by atoms with Gasteiger partial charge in [0.15, 0.2) is 0 Å². The van der Waals surface area contributed by atoms with Gasteiger partial charge in [-0.15, -0.1) is 0 Å². The van der Waals surface area contributed by atoms with E-state index in [-0.39, 0.29) is 5.82 Å². The van der Waals surface area contributed by atoms with Crippen molar-refractivity contribution < 1.29 is 9.31 Å². The molecule has 13 heavy (non-hydrogen) atoms. The van der Waals surface area contributed by atoms with E-state index < -0.39 is 4.92 Å². The smallest absolute Gasteiger partial charge is 0.264 e. The molecule has 0 N–H and O–H groups in total. The summed E-state index contributed by atoms with van der Waals surface area (Å²) in [6, 6.07) is 5.95. The molecule has 0 aliphatic rings. The van der Waals surface area contributed by atoms with Gasteiger partial charge in [0.25, 0.3) is 6.54 Å². The van der Waals surface area contributed by atoms with Gasteiger partial charge >= 0.3 is 0 Å². The molecule has 0 aromatic heterocycles. The van der Waals surface area contributed by atoms with Crippen molar-refractivity contribution in [1.29, 1.82) is 0 Å². The molecular formula is C9H9FNO2. The molecule has 3 nitrogen and oxygen atoms in total. The molecule has 0 aliphatic heterocycles. The van der Waals surface area contributed by atoms with Crippen LogP contribution in [0.25, 0.3) is 0 Å². The van der Waals surface area contributed by atoms with Crippen molar-refractivity contribution in [3.63, 3.8) is 0 Å². The molecule has 0 unspecified atom stereocenters. The number of rotatable bonds is 4. The van der Waals surface area contributed by atoms with E-state index in [1.165, 1.54) is 12.1 Å². The molecule has 0 heterocycles. The number of nitrogens with zero attached hydrogens (tertiary/aromatic N) is 1. The first-order valence-corrected chi connectivity index (χ1v) is 3.90. The molecule has 0 amide bonds. The summed E-state index contributed by atoms with van der Waals surface area (Å²) in [7, 11) is 0. The van der Waals surface area contributed by atoms with E-state index >= 15 is 0 Å². The molecule has 0 bridgehead atoms. The zero-order valence-corrected chi connectivity index (χ0v) is 6.94. The van der Waals surface area contributed by atoms with Gasteiger partial charge in [0, 0.05) is 11.3 Å². The third-order valence-corrected chi connectivity index (χ3v) is 1.62. The number of hydrogen-bond acceptors (Lipinski definition) is 2. The Bertz CT molecular complexity index is 284. The van der Waals surface area contributed by atoms with Crippen molar-refractivity contribution >= 4 is 0 Å². The Labute approximate surface area is 75.3 Å². The van der Waals surface area contributed by atoms with Crippen molar-refractivity contribution in [1.82, 2.24) is 0 Å². The SMILES string of the molecule is O=[N+]([O-])[CH]CCc1ccc(F)cc1. The zero-order chi connectivity index (χ0) is 9.68. The number of nitro groups is 1. The van der Waals surface area contributed by atoms with Gasteiger partial charge in [0.05, 0.1) is 0 Å². The Morgan fingerprint density at radius 2 is 2.00 bits per heavy atom. The average molecular weight is 182 g/mol. The maximum atomic E-state index is 12.4. The Kier molecular flexibility index (Phi) is 3.37. The Hall–Kier alpha value is -1.45. The Balaban J connectivity index is 2.37. The van der Waals surface area contributed by atoms with E-state index in [0.29, 0.717) is 12.8 Å². The third kappa shape index (κ3) is 3.64. The van der Waals surface area contributed by atoms with Gasteiger partial charge in [-0.3, -0.25) is 10.1 Å². The van der Waals surface area contributed by atoms with Crippen LogP contribution in [0.5, 0.6) is 0 Å². The molecule has 1 aromatic carbocycles. The van der Waals surface area contributed by atoms with E-state index in [1.54, 1.807) is 12.1 Å². The second-order valence-electron chi connectivity index (χ2n) is 2.63. The van der Waals surface area contributed by atoms with Crippen molar-refractivity contribution in [2.24, 2.45) is 0 Å². The van der Waals surface area contributed by atoms with Crippen LogP contribution in [-0.4, -0.2) is 4.92 Å². The predicted molar refractivity (Wildman–Crippen MR) is 46.0 cm³/mol. The van der Waals surface area contributed by atoms with Crippen LogP contribution < -0.4 is 0 Å². The molecule has 0 saturated carbocycles. The van der Waals surface area contributed by atoms with Gasteiger partial charge in [-0.1, -0.05) is 12.1 Å². The summed E-state index contributed by atoms with van der Waals surface area (Å²) in [6.07, 6.45) is 0.944. The molecule has 0 spiro atoms. The molecule has 0 fully saturated rings. The minimum absolute atomic E-state index is 0.290. The van der Waals surface area contributed by atoms with Gasteiger partial charge in [0.2, 0.25) is 0 Å². The van der Waals surface area contributed by atoms with Crippen LogP contribution in [0.15, 0.2) is 24.3 Å². The predicted octanol–water partition coefficient (Wildman–Crippen LogP) is 2.20. The highest BCUT2D eigenvalue weighted by atomic mass is 19.1. The van der Waals surface area contributed by atoms with E-state index in [1.807, 2.05) is 0 Å². The van der Waals surface area contributed by atoms with E-state index in [9.17, 15) is 14.5 Å². The molecule has 0 atom stereocenters. The Morgan fingerprint density at radius 3 is 2.54 bits per heavy atom. The first-order valence-electron chi connectivity index (χ1n) is 3.90. The van der Waals surface area contributed by atoms with Crippen LogP contribution in [0.2, 0.25) is 0 Å². The molecule has 0 aliphatic carbocycles. The summed E-state index contributed by atoms with van der Waals surface area (Å²) in [5.74, 6) is -0.290. The standard InChI is InChI=1S/C9H9FNO2/c10-9-5-3-8(4-6-9)2-1-7-11(12)13/h3-7H,1-2H2. The fourth-order valence-corrected chi connectivity index (χ4v) is 0.988. The monoisotopic (exact) mass is 182 g/mol. The first-order chi connectivity index (χ1) is 6.18. The van der Waals surface area contributed by atoms with Crippen LogP contribution in [0.4, 0.5) is 4.39 Å². The molecule has 4 heteroatoms. The lowest BCUT2D eigenvalue weighted by Crippen LogP contribution is -1.95. The van der Waals surface area contributed by atoms with Gasteiger partial charge in [-0.2, -0.15) is 0 Å². The van der Waals surface area contributed by atoms with Gasteiger partial charge in [-0.25, -0.2) is 4.39 Å². The first kappa shape index (κ1) is 9.64. The lowest BCUT2D eigenvalue weighted by molar-refractivity contribution is -0.437. The minimum Gasteiger partial charge on any atom is -0.264 e. The van der Waals surface area contributed by atoms with E-state index in [2.05, 4.69) is 0 Å². The molecule has 1 rings (SSSR count). The number of halogens is 1. The van der Waals surface area contributed by atoms with Gasteiger partial charge in [0.1, 0.15) is 5.82 Å². The highest BCUT2D eigenvalue weighted by molar-refractivity contribution is 5.16. The summed E-state index contributed by atoms with van der Waals surface area (Å²) < 4.78 is 12.4. The second-order valence-corrected chi connectivity index (χ2v) is 2.63. The van der Waals surface area contributed by atoms with Crippen LogP contribution >= 0.6 is 0 Å². The molecule has 69 valence electrons. The van der Waals surface area contributed by atoms with Gasteiger partial charge < -0.3 is 0 Å². The van der Waals surface area contributed by atoms with Crippen molar-refractivity contribution in [2.75, 3.05) is 0 Å². The number of benzene rings is 1. The normalized spacial score (nSPS) is 9.92. The fourth-order valence-electron chi connectivity index (χ4n) is 0.988. The summed E-state index contributed by atoms with van der Waals surface area (Å²) in [5.41, 5.74) is 0.902. The molecule has 1 radical (unpaired) electrons. The van der Waals surface area contributed by atoms with Crippen LogP contribution in [0.1, 0.15) is 12.0 Å². The highest BCUT2D eigenvalue weighted by Gasteiger charge is 2.00. The van der Waals surface area contributed by atoms with Crippen molar-refractivity contribution in [2.45, 2.75) is 12.8 Å². The number of aryl methyl sites for hydroxylation is 1. The largest absolute Gasteiger partial charge is 0.279 e. The lowest BCUT2D eigenvalue weighted by Gasteiger charge is -1.96. The third-order valence-electron chi connectivity index (χ3n) is 1.62. The summed E-state index contributed by atoms with van der Waals surface area (Å²) in [5, 5.41) is 9.93. The number of hydrogen-bond donors (Lipinski definition) is 0. The van der Waals surface area contributed by atoms with Crippen LogP contribution in [-0.2, 0) is 6.42 Å². The minimum atomic E-state index is -0.469. The van der Waals surface area contributed by atoms with E-state index in [4.69, 9.17) is 0 Å². The maximum Gasteiger partial charge on any atom is 0.279 e. The topological polar surface area (TPSA) is 43.1 Å². The zero-order valence-electron chi connectivity index (χ0n) is 6.94. The Morgan fingerprint density at radius 1 is 1.38 bits per heavy atom. The maximum absolute atomic E-state index is 12.4. The quantitative estimate of drug-likeness (QED) is 0.529.